The van der Waals surface area contributed by atoms with Crippen molar-refractivity contribution in [2.75, 3.05) is 0 Å². The number of aromatic nitrogens is 1. The van der Waals surface area contributed by atoms with Gasteiger partial charge in [-0.25, -0.2) is 4.98 Å². The van der Waals surface area contributed by atoms with E-state index in [0.717, 1.165) is 8.79 Å². The van der Waals surface area contributed by atoms with Crippen LogP contribution in [-0.4, -0.2) is 16.1 Å². The van der Waals surface area contributed by atoms with Crippen LogP contribution in [-0.2, 0) is 11.2 Å². The smallest absolute Gasteiger partial charge is 0.309 e. The maximum absolute atomic E-state index is 10.6. The van der Waals surface area contributed by atoms with Crippen LogP contribution in [0.2, 0.25) is 0 Å². The molecule has 0 saturated heterocycles. The number of carboxylic acids is 1. The third-order valence-electron chi connectivity index (χ3n) is 2.69. The molecule has 15 heavy (non-hydrogen) atoms. The lowest BCUT2D eigenvalue weighted by atomic mass is 10.1. The van der Waals surface area contributed by atoms with E-state index in [4.69, 9.17) is 5.11 Å². The minimum Gasteiger partial charge on any atom is -0.481 e. The number of aliphatic carboxylic acids is 1. The number of nitrogens with zero attached hydrogens (tertiary/aromatic N) is 1. The van der Waals surface area contributed by atoms with Gasteiger partial charge in [-0.1, -0.05) is 12.8 Å². The van der Waals surface area contributed by atoms with Crippen LogP contribution in [0.5, 0.6) is 0 Å². The van der Waals surface area contributed by atoms with E-state index in [1.54, 1.807) is 11.3 Å². The van der Waals surface area contributed by atoms with Gasteiger partial charge in [-0.2, -0.15) is 0 Å². The molecule has 5 heteroatoms. The average Bonchev–Trinajstić information content (AvgIpc) is 2.75. The van der Waals surface area contributed by atoms with Crippen LogP contribution < -0.4 is 0 Å². The van der Waals surface area contributed by atoms with Gasteiger partial charge in [0.15, 0.2) is 0 Å². The van der Waals surface area contributed by atoms with Crippen molar-refractivity contribution in [3.63, 3.8) is 0 Å². The summed E-state index contributed by atoms with van der Waals surface area (Å²) in [5.74, 6) is -0.257. The number of hydrogen-bond donors (Lipinski definition) is 1. The zero-order valence-corrected chi connectivity index (χ0v) is 10.6. The number of thiazole rings is 1. The highest BCUT2D eigenvalue weighted by atomic mass is 79.9. The van der Waals surface area contributed by atoms with Crippen molar-refractivity contribution < 1.29 is 9.90 Å². The van der Waals surface area contributed by atoms with E-state index < -0.39 is 5.97 Å². The van der Waals surface area contributed by atoms with Gasteiger partial charge < -0.3 is 5.11 Å². The molecule has 1 fully saturated rings. The molecule has 0 atom stereocenters. The number of rotatable bonds is 3. The van der Waals surface area contributed by atoms with Gasteiger partial charge in [0.25, 0.3) is 0 Å². The third kappa shape index (κ3) is 2.58. The molecule has 1 aromatic heterocycles. The SMILES string of the molecule is O=C(O)Cc1nc(C2CCCC2)sc1Br. The fraction of sp³-hybridized carbons (Fsp3) is 0.600. The van der Waals surface area contributed by atoms with Crippen LogP contribution in [0.1, 0.15) is 42.3 Å². The molecule has 1 aliphatic rings. The topological polar surface area (TPSA) is 50.2 Å². The van der Waals surface area contributed by atoms with Crippen LogP contribution in [0.25, 0.3) is 0 Å². The van der Waals surface area contributed by atoms with E-state index >= 15 is 0 Å². The lowest BCUT2D eigenvalue weighted by Crippen LogP contribution is -2.01. The van der Waals surface area contributed by atoms with Gasteiger partial charge in [-0.15, -0.1) is 11.3 Å². The summed E-state index contributed by atoms with van der Waals surface area (Å²) in [6.45, 7) is 0. The minimum atomic E-state index is -0.820. The lowest BCUT2D eigenvalue weighted by molar-refractivity contribution is -0.136. The van der Waals surface area contributed by atoms with Crippen LogP contribution in [0.4, 0.5) is 0 Å². The third-order valence-corrected chi connectivity index (χ3v) is 4.68. The van der Waals surface area contributed by atoms with Gasteiger partial charge in [0, 0.05) is 5.92 Å². The maximum atomic E-state index is 10.6. The van der Waals surface area contributed by atoms with Crippen LogP contribution in [0.3, 0.4) is 0 Å². The molecule has 1 N–H and O–H groups in total. The van der Waals surface area contributed by atoms with Crippen molar-refractivity contribution in [3.05, 3.63) is 14.5 Å². The largest absolute Gasteiger partial charge is 0.481 e. The van der Waals surface area contributed by atoms with Crippen LogP contribution in [0, 0.1) is 0 Å². The lowest BCUT2D eigenvalue weighted by Gasteiger charge is -2.02. The van der Waals surface area contributed by atoms with Crippen LogP contribution >= 0.6 is 27.3 Å². The van der Waals surface area contributed by atoms with Crippen molar-refractivity contribution in [1.82, 2.24) is 4.98 Å². The summed E-state index contributed by atoms with van der Waals surface area (Å²) >= 11 is 4.98. The standard InChI is InChI=1S/C10H12BrNO2S/c11-9-7(5-8(13)14)12-10(15-9)6-3-1-2-4-6/h6H,1-5H2,(H,13,14). The molecule has 0 unspecified atom stereocenters. The molecule has 2 rings (SSSR count). The zero-order chi connectivity index (χ0) is 10.8. The fourth-order valence-electron chi connectivity index (χ4n) is 1.95. The molecule has 1 aliphatic carbocycles. The van der Waals surface area contributed by atoms with E-state index in [0.29, 0.717) is 11.6 Å². The molecule has 0 radical (unpaired) electrons. The Balaban J connectivity index is 2.16. The highest BCUT2D eigenvalue weighted by Gasteiger charge is 2.22. The van der Waals surface area contributed by atoms with Gasteiger partial charge in [-0.3, -0.25) is 4.79 Å². The second-order valence-electron chi connectivity index (χ2n) is 3.82. The summed E-state index contributed by atoms with van der Waals surface area (Å²) in [5.41, 5.74) is 0.675. The first-order valence-corrected chi connectivity index (χ1v) is 6.64. The molecule has 1 aromatic rings. The van der Waals surface area contributed by atoms with Crippen LogP contribution in [0.15, 0.2) is 3.79 Å². The van der Waals surface area contributed by atoms with Crippen molar-refractivity contribution >= 4 is 33.2 Å². The molecule has 3 nitrogen and oxygen atoms in total. The Labute approximate surface area is 101 Å². The first kappa shape index (κ1) is 11.1. The van der Waals surface area contributed by atoms with Crippen molar-refractivity contribution in [2.24, 2.45) is 0 Å². The van der Waals surface area contributed by atoms with Crippen molar-refractivity contribution in [2.45, 2.75) is 38.0 Å². The van der Waals surface area contributed by atoms with E-state index in [2.05, 4.69) is 20.9 Å². The number of hydrogen-bond acceptors (Lipinski definition) is 3. The molecule has 0 amide bonds. The minimum absolute atomic E-state index is 0.0177. The van der Waals surface area contributed by atoms with E-state index in [1.165, 1.54) is 25.7 Å². The Morgan fingerprint density at radius 1 is 1.53 bits per heavy atom. The van der Waals surface area contributed by atoms with Crippen molar-refractivity contribution in [3.8, 4) is 0 Å². The molecule has 1 heterocycles. The van der Waals surface area contributed by atoms with Gasteiger partial charge in [0.1, 0.15) is 0 Å². The summed E-state index contributed by atoms with van der Waals surface area (Å²) in [4.78, 5) is 15.0. The van der Waals surface area contributed by atoms with Gasteiger partial charge in [0.2, 0.25) is 0 Å². The molecule has 0 bridgehead atoms. The second-order valence-corrected chi connectivity index (χ2v) is 6.17. The summed E-state index contributed by atoms with van der Waals surface area (Å²) in [7, 11) is 0. The summed E-state index contributed by atoms with van der Waals surface area (Å²) in [5, 5.41) is 9.82. The monoisotopic (exact) mass is 289 g/mol. The van der Waals surface area contributed by atoms with E-state index in [-0.39, 0.29) is 6.42 Å². The quantitative estimate of drug-likeness (QED) is 0.930. The Kier molecular flexibility index (Phi) is 3.41. The fourth-order valence-corrected chi connectivity index (χ4v) is 3.65. The molecule has 0 aromatic carbocycles. The Morgan fingerprint density at radius 2 is 2.20 bits per heavy atom. The number of halogens is 1. The molecular formula is C10H12BrNO2S. The second kappa shape index (κ2) is 4.61. The molecular weight excluding hydrogens is 278 g/mol. The summed E-state index contributed by atoms with van der Waals surface area (Å²) in [6.07, 6.45) is 4.97. The zero-order valence-electron chi connectivity index (χ0n) is 8.20. The Bertz CT molecular complexity index is 371. The number of carbonyl (C=O) groups is 1. The predicted octanol–water partition coefficient (Wildman–Crippen LogP) is 3.19. The first-order valence-electron chi connectivity index (χ1n) is 5.03. The molecule has 1 saturated carbocycles. The van der Waals surface area contributed by atoms with E-state index in [1.807, 2.05) is 0 Å². The summed E-state index contributed by atoms with van der Waals surface area (Å²) < 4.78 is 0.881. The highest BCUT2D eigenvalue weighted by Crippen LogP contribution is 2.38. The van der Waals surface area contributed by atoms with Gasteiger partial charge in [-0.05, 0) is 28.8 Å². The van der Waals surface area contributed by atoms with Gasteiger partial charge >= 0.3 is 5.97 Å². The Morgan fingerprint density at radius 3 is 2.80 bits per heavy atom. The highest BCUT2D eigenvalue weighted by molar-refractivity contribution is 9.11. The molecule has 0 aliphatic heterocycles. The van der Waals surface area contributed by atoms with Gasteiger partial charge in [0.05, 0.1) is 20.9 Å². The average molecular weight is 290 g/mol. The predicted molar refractivity (Wildman–Crippen MR) is 62.4 cm³/mol. The molecule has 0 spiro atoms. The maximum Gasteiger partial charge on any atom is 0.309 e. The number of carboxylic acid groups (broad SMARTS) is 1. The first-order chi connectivity index (χ1) is 7.16. The molecule has 82 valence electrons. The Hall–Kier alpha value is -0.420. The van der Waals surface area contributed by atoms with E-state index in [9.17, 15) is 4.79 Å². The summed E-state index contributed by atoms with van der Waals surface area (Å²) in [6, 6.07) is 0. The van der Waals surface area contributed by atoms with Crippen molar-refractivity contribution in [1.29, 1.82) is 0 Å². The normalized spacial score (nSPS) is 17.1.